The largest absolute Gasteiger partial charge is 0.488 e. The zero-order valence-corrected chi connectivity index (χ0v) is 17.2. The Balaban J connectivity index is 1.96. The van der Waals surface area contributed by atoms with E-state index >= 15 is 0 Å². The summed E-state index contributed by atoms with van der Waals surface area (Å²) >= 11 is 2.11. The van der Waals surface area contributed by atoms with Gasteiger partial charge in [0.25, 0.3) is 11.8 Å². The summed E-state index contributed by atoms with van der Waals surface area (Å²) in [5.41, 5.74) is 1.72. The fourth-order valence-electron chi connectivity index (χ4n) is 2.73. The first-order valence-electron chi connectivity index (χ1n) is 8.42. The number of imide groups is 2. The summed E-state index contributed by atoms with van der Waals surface area (Å²) in [4.78, 5) is 38.5. The molecule has 1 N–H and O–H groups in total. The number of rotatable bonds is 5. The number of aryl methyl sites for hydroxylation is 1. The summed E-state index contributed by atoms with van der Waals surface area (Å²) in [5.74, 6) is -0.703. The van der Waals surface area contributed by atoms with Crippen LogP contribution in [0.1, 0.15) is 11.1 Å². The number of urea groups is 1. The van der Waals surface area contributed by atoms with Crippen molar-refractivity contribution >= 4 is 52.2 Å². The van der Waals surface area contributed by atoms with Gasteiger partial charge in [-0.25, -0.2) is 9.69 Å². The Morgan fingerprint density at radius 1 is 1.18 bits per heavy atom. The van der Waals surface area contributed by atoms with Crippen molar-refractivity contribution in [3.63, 3.8) is 0 Å². The molecule has 0 saturated carbocycles. The maximum absolute atomic E-state index is 12.9. The van der Waals surface area contributed by atoms with E-state index in [1.54, 1.807) is 49.4 Å². The molecule has 142 valence electrons. The molecule has 0 aliphatic carbocycles. The molecule has 0 bridgehead atoms. The average molecular weight is 488 g/mol. The molecule has 4 amide bonds. The smallest absolute Gasteiger partial charge is 0.335 e. The monoisotopic (exact) mass is 488 g/mol. The fourth-order valence-corrected chi connectivity index (χ4v) is 3.42. The van der Waals surface area contributed by atoms with Crippen LogP contribution in [-0.4, -0.2) is 24.5 Å². The lowest BCUT2D eigenvalue weighted by Gasteiger charge is -2.27. The molecule has 2 aromatic rings. The van der Waals surface area contributed by atoms with Crippen LogP contribution in [0.4, 0.5) is 10.5 Å². The van der Waals surface area contributed by atoms with Gasteiger partial charge in [0.1, 0.15) is 17.9 Å². The lowest BCUT2D eigenvalue weighted by molar-refractivity contribution is -0.122. The van der Waals surface area contributed by atoms with E-state index in [9.17, 15) is 14.4 Å². The van der Waals surface area contributed by atoms with Crippen LogP contribution in [0.15, 0.2) is 60.7 Å². The van der Waals surface area contributed by atoms with Crippen molar-refractivity contribution in [3.05, 3.63) is 75.4 Å². The maximum Gasteiger partial charge on any atom is 0.335 e. The summed E-state index contributed by atoms with van der Waals surface area (Å²) in [6.07, 6.45) is 3.11. The van der Waals surface area contributed by atoms with E-state index in [2.05, 4.69) is 34.5 Å². The lowest BCUT2D eigenvalue weighted by atomic mass is 10.1. The van der Waals surface area contributed by atoms with Crippen molar-refractivity contribution in [2.24, 2.45) is 0 Å². The number of amides is 4. The molecule has 6 nitrogen and oxygen atoms in total. The molecule has 1 heterocycles. The van der Waals surface area contributed by atoms with E-state index in [-0.39, 0.29) is 5.57 Å². The van der Waals surface area contributed by atoms with Gasteiger partial charge in [0.05, 0.1) is 9.26 Å². The van der Waals surface area contributed by atoms with Crippen LogP contribution >= 0.6 is 22.6 Å². The number of anilines is 1. The van der Waals surface area contributed by atoms with Gasteiger partial charge in [-0.2, -0.15) is 0 Å². The number of hydrogen-bond acceptors (Lipinski definition) is 4. The Labute approximate surface area is 176 Å². The quantitative estimate of drug-likeness (QED) is 0.301. The first-order valence-corrected chi connectivity index (χ1v) is 9.50. The third-order valence-corrected chi connectivity index (χ3v) is 4.92. The zero-order chi connectivity index (χ0) is 20.3. The highest BCUT2D eigenvalue weighted by Crippen LogP contribution is 2.27. The van der Waals surface area contributed by atoms with Gasteiger partial charge < -0.3 is 4.74 Å². The number of halogens is 1. The topological polar surface area (TPSA) is 75.7 Å². The van der Waals surface area contributed by atoms with Gasteiger partial charge in [0.2, 0.25) is 0 Å². The van der Waals surface area contributed by atoms with Crippen molar-refractivity contribution in [2.45, 2.75) is 6.92 Å². The van der Waals surface area contributed by atoms with Crippen LogP contribution < -0.4 is 15.0 Å². The molecule has 0 aromatic heterocycles. The van der Waals surface area contributed by atoms with Gasteiger partial charge in [-0.1, -0.05) is 36.9 Å². The van der Waals surface area contributed by atoms with Crippen molar-refractivity contribution in [3.8, 4) is 5.75 Å². The molecule has 0 spiro atoms. The van der Waals surface area contributed by atoms with Gasteiger partial charge in [0, 0.05) is 0 Å². The molecule has 3 rings (SSSR count). The highest BCUT2D eigenvalue weighted by molar-refractivity contribution is 14.1. The molecule has 1 fully saturated rings. The van der Waals surface area contributed by atoms with Gasteiger partial charge in [0.15, 0.2) is 0 Å². The minimum atomic E-state index is -0.760. The molecule has 28 heavy (non-hydrogen) atoms. The number of carbonyl (C=O) groups excluding carboxylic acids is 3. The Hall–Kier alpha value is -2.94. The van der Waals surface area contributed by atoms with Gasteiger partial charge in [-0.05, 0) is 64.9 Å². The first-order chi connectivity index (χ1) is 13.4. The molecular weight excluding hydrogens is 471 g/mol. The Morgan fingerprint density at radius 3 is 2.61 bits per heavy atom. The summed E-state index contributed by atoms with van der Waals surface area (Å²) in [5, 5.41) is 2.23. The molecular formula is C21H17IN2O4. The molecule has 0 unspecified atom stereocenters. The molecule has 1 aliphatic rings. The van der Waals surface area contributed by atoms with Crippen molar-refractivity contribution in [1.29, 1.82) is 0 Å². The van der Waals surface area contributed by atoms with E-state index < -0.39 is 17.8 Å². The summed E-state index contributed by atoms with van der Waals surface area (Å²) in [7, 11) is 0. The van der Waals surface area contributed by atoms with Crippen LogP contribution in [0, 0.1) is 10.5 Å². The third kappa shape index (κ3) is 3.99. The molecule has 1 saturated heterocycles. The number of carbonyl (C=O) groups is 3. The fraction of sp³-hybridized carbons (Fsp3) is 0.0952. The van der Waals surface area contributed by atoms with E-state index in [0.29, 0.717) is 23.6 Å². The molecule has 0 atom stereocenters. The molecule has 2 aromatic carbocycles. The number of benzene rings is 2. The van der Waals surface area contributed by atoms with Crippen LogP contribution in [0.25, 0.3) is 6.08 Å². The number of nitrogens with zero attached hydrogens (tertiary/aromatic N) is 1. The number of hydrogen-bond donors (Lipinski definition) is 1. The van der Waals surface area contributed by atoms with Gasteiger partial charge in [-0.3, -0.25) is 14.9 Å². The van der Waals surface area contributed by atoms with Crippen LogP contribution in [0.5, 0.6) is 5.75 Å². The predicted molar refractivity (Wildman–Crippen MR) is 115 cm³/mol. The third-order valence-electron chi connectivity index (χ3n) is 4.08. The van der Waals surface area contributed by atoms with Crippen molar-refractivity contribution in [2.75, 3.05) is 11.5 Å². The Morgan fingerprint density at radius 2 is 1.93 bits per heavy atom. The number of ether oxygens (including phenoxy) is 1. The Bertz CT molecular complexity index is 1010. The second-order valence-corrected chi connectivity index (χ2v) is 7.20. The highest BCUT2D eigenvalue weighted by Gasteiger charge is 2.37. The first kappa shape index (κ1) is 19.8. The average Bonchev–Trinajstić information content (AvgIpc) is 2.66. The van der Waals surface area contributed by atoms with Crippen LogP contribution in [0.3, 0.4) is 0 Å². The minimum Gasteiger partial charge on any atom is -0.488 e. The van der Waals surface area contributed by atoms with E-state index in [1.807, 2.05) is 6.07 Å². The van der Waals surface area contributed by atoms with Gasteiger partial charge >= 0.3 is 6.03 Å². The Kier molecular flexibility index (Phi) is 5.93. The van der Waals surface area contributed by atoms with E-state index in [1.165, 1.54) is 6.08 Å². The highest BCUT2D eigenvalue weighted by atomic mass is 127. The molecule has 0 radical (unpaired) electrons. The summed E-state index contributed by atoms with van der Waals surface area (Å²) in [6, 6.07) is 11.5. The number of barbiturate groups is 1. The van der Waals surface area contributed by atoms with E-state index in [4.69, 9.17) is 4.74 Å². The van der Waals surface area contributed by atoms with Crippen molar-refractivity contribution in [1.82, 2.24) is 5.32 Å². The normalized spacial score (nSPS) is 15.6. The van der Waals surface area contributed by atoms with Crippen molar-refractivity contribution < 1.29 is 19.1 Å². The van der Waals surface area contributed by atoms with Crippen LogP contribution in [0.2, 0.25) is 0 Å². The zero-order valence-electron chi connectivity index (χ0n) is 15.1. The summed E-state index contributed by atoms with van der Waals surface area (Å²) < 4.78 is 6.35. The second-order valence-electron chi connectivity index (χ2n) is 6.03. The molecule has 7 heteroatoms. The standard InChI is InChI=1S/C21H17IN2O4/c1-3-10-28-18-9-8-14(12-16(18)22)11-15-19(25)23-21(27)24(20(15)26)17-7-5-4-6-13(17)2/h3-9,11-12H,1,10H2,2H3,(H,23,25,27)/b15-11+. The minimum absolute atomic E-state index is 0.113. The SMILES string of the molecule is C=CCOc1ccc(/C=C2\C(=O)NC(=O)N(c3ccccc3C)C2=O)cc1I. The van der Waals surface area contributed by atoms with E-state index in [0.717, 1.165) is 14.0 Å². The summed E-state index contributed by atoms with van der Waals surface area (Å²) in [6.45, 7) is 5.78. The van der Waals surface area contributed by atoms with Gasteiger partial charge in [-0.15, -0.1) is 0 Å². The predicted octanol–water partition coefficient (Wildman–Crippen LogP) is 3.83. The lowest BCUT2D eigenvalue weighted by Crippen LogP contribution is -2.54. The number of para-hydroxylation sites is 1. The molecule has 1 aliphatic heterocycles. The maximum atomic E-state index is 12.9. The second kappa shape index (κ2) is 8.39. The van der Waals surface area contributed by atoms with Crippen LogP contribution in [-0.2, 0) is 9.59 Å². The number of nitrogens with one attached hydrogen (secondary N) is 1.